The summed E-state index contributed by atoms with van der Waals surface area (Å²) in [6.45, 7) is 12.2. The predicted octanol–water partition coefficient (Wildman–Crippen LogP) is 6.03. The number of hydrogen-bond donors (Lipinski definition) is 3. The molecular weight excluding hydrogens is 429 g/mol. The van der Waals surface area contributed by atoms with Gasteiger partial charge in [-0.15, -0.1) is 0 Å². The molecule has 3 rings (SSSR count). The van der Waals surface area contributed by atoms with E-state index in [0.29, 0.717) is 12.2 Å². The Balaban J connectivity index is 0.00000199. The number of alkyl halides is 1. The number of amides is 1. The van der Waals surface area contributed by atoms with Crippen molar-refractivity contribution < 1.29 is 14.3 Å². The van der Waals surface area contributed by atoms with Gasteiger partial charge in [-0.05, 0) is 67.5 Å². The highest BCUT2D eigenvalue weighted by Gasteiger charge is 2.43. The van der Waals surface area contributed by atoms with E-state index in [1.807, 2.05) is 33.0 Å². The maximum absolute atomic E-state index is 13.1. The van der Waals surface area contributed by atoms with E-state index in [-0.39, 0.29) is 11.9 Å². The van der Waals surface area contributed by atoms with Crippen LogP contribution in [0.15, 0.2) is 53.4 Å². The SMILES string of the molecule is CC.CC/C=C/C(=C\c1cnc(NC(=O)C2CC2F)cc1C)C1=CNC(C(O)CCC)C=C1C. The third-order valence-electron chi connectivity index (χ3n) is 5.88. The van der Waals surface area contributed by atoms with Gasteiger partial charge < -0.3 is 15.7 Å². The van der Waals surface area contributed by atoms with Crippen LogP contribution >= 0.6 is 0 Å². The standard InChI is InChI=1S/C26H34FN3O2.C2H6/c1-5-7-9-18(21-15-28-23(10-17(21)4)24(31)8-6-2)12-19-14-29-25(11-16(19)3)30-26(32)20-13-22(20)27;1-2/h7,9-12,14-15,20,22-24,28,31H,5-6,8,13H2,1-4H3,(H,29,30,32);1-2H3/b9-7+,18-12+;. The van der Waals surface area contributed by atoms with E-state index in [9.17, 15) is 14.3 Å². The first-order valence-corrected chi connectivity index (χ1v) is 12.5. The molecule has 4 atom stereocenters. The summed E-state index contributed by atoms with van der Waals surface area (Å²) in [6.07, 6.45) is 13.5. The topological polar surface area (TPSA) is 74.2 Å². The molecule has 5 nitrogen and oxygen atoms in total. The average molecular weight is 470 g/mol. The predicted molar refractivity (Wildman–Crippen MR) is 139 cm³/mol. The summed E-state index contributed by atoms with van der Waals surface area (Å²) in [5.74, 6) is -0.405. The molecule has 1 saturated carbocycles. The Morgan fingerprint density at radius 1 is 1.35 bits per heavy atom. The smallest absolute Gasteiger partial charge is 0.231 e. The van der Waals surface area contributed by atoms with Crippen LogP contribution in [0.3, 0.4) is 0 Å². The van der Waals surface area contributed by atoms with Gasteiger partial charge in [0.25, 0.3) is 0 Å². The number of halogens is 1. The van der Waals surface area contributed by atoms with Crippen molar-refractivity contribution in [1.82, 2.24) is 10.3 Å². The lowest BCUT2D eigenvalue weighted by Crippen LogP contribution is -2.37. The Bertz CT molecular complexity index is 964. The molecule has 1 fully saturated rings. The Hall–Kier alpha value is -2.73. The van der Waals surface area contributed by atoms with Crippen molar-refractivity contribution in [2.24, 2.45) is 5.92 Å². The molecule has 2 heterocycles. The highest BCUT2D eigenvalue weighted by atomic mass is 19.1. The van der Waals surface area contributed by atoms with Gasteiger partial charge in [0.15, 0.2) is 0 Å². The van der Waals surface area contributed by atoms with Gasteiger partial charge in [0, 0.05) is 18.0 Å². The van der Waals surface area contributed by atoms with Crippen molar-refractivity contribution in [2.45, 2.75) is 85.5 Å². The van der Waals surface area contributed by atoms with Crippen LogP contribution in [0, 0.1) is 12.8 Å². The molecule has 3 N–H and O–H groups in total. The van der Waals surface area contributed by atoms with E-state index in [2.05, 4.69) is 60.7 Å². The number of carbonyl (C=O) groups is 1. The number of aliphatic hydroxyl groups is 1. The lowest BCUT2D eigenvalue weighted by molar-refractivity contribution is -0.117. The Labute approximate surface area is 204 Å². The number of anilines is 1. The molecule has 2 aliphatic rings. The zero-order valence-corrected chi connectivity index (χ0v) is 21.4. The molecule has 186 valence electrons. The molecular formula is C28H40FN3O2. The molecule has 1 amide bonds. The minimum absolute atomic E-state index is 0.0863. The second-order valence-corrected chi connectivity index (χ2v) is 8.64. The van der Waals surface area contributed by atoms with Gasteiger partial charge in [-0.1, -0.05) is 52.3 Å². The first kappa shape index (κ1) is 27.5. The van der Waals surface area contributed by atoms with Gasteiger partial charge in [0.1, 0.15) is 12.0 Å². The fourth-order valence-electron chi connectivity index (χ4n) is 3.78. The molecule has 34 heavy (non-hydrogen) atoms. The van der Waals surface area contributed by atoms with Gasteiger partial charge in [0.2, 0.25) is 5.91 Å². The summed E-state index contributed by atoms with van der Waals surface area (Å²) in [6, 6.07) is 1.73. The quantitative estimate of drug-likeness (QED) is 0.386. The number of nitrogens with one attached hydrogen (secondary N) is 2. The fraction of sp³-hybridized carbons (Fsp3) is 0.500. The van der Waals surface area contributed by atoms with Crippen molar-refractivity contribution >= 4 is 17.8 Å². The van der Waals surface area contributed by atoms with E-state index in [1.54, 1.807) is 6.20 Å². The molecule has 1 aromatic heterocycles. The first-order chi connectivity index (χ1) is 16.3. The highest BCUT2D eigenvalue weighted by molar-refractivity contribution is 5.94. The van der Waals surface area contributed by atoms with E-state index in [0.717, 1.165) is 47.1 Å². The van der Waals surface area contributed by atoms with Crippen molar-refractivity contribution in [2.75, 3.05) is 5.32 Å². The molecule has 1 aliphatic heterocycles. The van der Waals surface area contributed by atoms with Crippen LogP contribution < -0.4 is 10.6 Å². The largest absolute Gasteiger partial charge is 0.391 e. The van der Waals surface area contributed by atoms with Crippen LogP contribution in [0.5, 0.6) is 0 Å². The van der Waals surface area contributed by atoms with Crippen molar-refractivity contribution in [3.63, 3.8) is 0 Å². The monoisotopic (exact) mass is 469 g/mol. The van der Waals surface area contributed by atoms with Gasteiger partial charge in [0.05, 0.1) is 18.1 Å². The number of pyridine rings is 1. The van der Waals surface area contributed by atoms with Gasteiger partial charge in [-0.2, -0.15) is 0 Å². The lowest BCUT2D eigenvalue weighted by atomic mass is 9.91. The number of aromatic nitrogens is 1. The van der Waals surface area contributed by atoms with Crippen LogP contribution in [0.2, 0.25) is 0 Å². The number of carbonyl (C=O) groups excluding carboxylic acids is 1. The van der Waals surface area contributed by atoms with Crippen LogP contribution in [0.1, 0.15) is 71.4 Å². The normalized spacial score (nSPS) is 22.7. The summed E-state index contributed by atoms with van der Waals surface area (Å²) in [5, 5.41) is 16.4. The number of nitrogens with zero attached hydrogens (tertiary/aromatic N) is 1. The molecule has 6 heteroatoms. The number of aliphatic hydroxyl groups excluding tert-OH is 1. The number of dihydropyridines is 1. The minimum atomic E-state index is -1.03. The van der Waals surface area contributed by atoms with Gasteiger partial charge in [-0.25, -0.2) is 9.37 Å². The maximum Gasteiger partial charge on any atom is 0.231 e. The number of hydrogen-bond acceptors (Lipinski definition) is 4. The Morgan fingerprint density at radius 2 is 2.06 bits per heavy atom. The van der Waals surface area contributed by atoms with Crippen molar-refractivity contribution in [1.29, 1.82) is 0 Å². The zero-order valence-electron chi connectivity index (χ0n) is 21.4. The molecule has 1 aromatic rings. The second-order valence-electron chi connectivity index (χ2n) is 8.64. The number of aryl methyl sites for hydroxylation is 1. The minimum Gasteiger partial charge on any atom is -0.391 e. The molecule has 0 radical (unpaired) electrons. The lowest BCUT2D eigenvalue weighted by Gasteiger charge is -2.26. The second kappa shape index (κ2) is 13.2. The first-order valence-electron chi connectivity index (χ1n) is 12.5. The summed E-state index contributed by atoms with van der Waals surface area (Å²) in [4.78, 5) is 16.3. The fourth-order valence-corrected chi connectivity index (χ4v) is 3.78. The molecule has 0 saturated heterocycles. The van der Waals surface area contributed by atoms with Crippen LogP contribution in [-0.4, -0.2) is 34.3 Å². The summed E-state index contributed by atoms with van der Waals surface area (Å²) in [7, 11) is 0. The Kier molecular flexibility index (Phi) is 10.7. The average Bonchev–Trinajstić information content (AvgIpc) is 3.56. The third-order valence-corrected chi connectivity index (χ3v) is 5.88. The molecule has 4 unspecified atom stereocenters. The molecule has 0 bridgehead atoms. The van der Waals surface area contributed by atoms with Crippen LogP contribution in [-0.2, 0) is 4.79 Å². The summed E-state index contributed by atoms with van der Waals surface area (Å²) < 4.78 is 13.1. The van der Waals surface area contributed by atoms with E-state index in [4.69, 9.17) is 0 Å². The summed E-state index contributed by atoms with van der Waals surface area (Å²) >= 11 is 0. The van der Waals surface area contributed by atoms with E-state index in [1.165, 1.54) is 0 Å². The van der Waals surface area contributed by atoms with Crippen LogP contribution in [0.4, 0.5) is 10.2 Å². The Morgan fingerprint density at radius 3 is 2.62 bits per heavy atom. The van der Waals surface area contributed by atoms with Crippen molar-refractivity contribution in [3.8, 4) is 0 Å². The zero-order chi connectivity index (χ0) is 25.3. The van der Waals surface area contributed by atoms with Crippen LogP contribution in [0.25, 0.3) is 6.08 Å². The maximum atomic E-state index is 13.1. The van der Waals surface area contributed by atoms with Gasteiger partial charge >= 0.3 is 0 Å². The summed E-state index contributed by atoms with van der Waals surface area (Å²) in [5.41, 5.74) is 5.11. The molecule has 0 aromatic carbocycles. The van der Waals surface area contributed by atoms with E-state index < -0.39 is 18.2 Å². The molecule has 1 aliphatic carbocycles. The number of rotatable bonds is 9. The van der Waals surface area contributed by atoms with Crippen molar-refractivity contribution in [3.05, 3.63) is 64.5 Å². The number of allylic oxidation sites excluding steroid dienone is 5. The van der Waals surface area contributed by atoms with Gasteiger partial charge in [-0.3, -0.25) is 4.79 Å². The molecule has 0 spiro atoms. The highest BCUT2D eigenvalue weighted by Crippen LogP contribution is 2.34. The van der Waals surface area contributed by atoms with E-state index >= 15 is 0 Å². The third kappa shape index (κ3) is 7.39.